The van der Waals surface area contributed by atoms with E-state index in [1.54, 1.807) is 0 Å². The summed E-state index contributed by atoms with van der Waals surface area (Å²) >= 11 is 0. The molecule has 2 aliphatic heterocycles. The maximum atomic E-state index is 12.2. The van der Waals surface area contributed by atoms with Crippen LogP contribution in [0, 0.1) is 0 Å². The van der Waals surface area contributed by atoms with Crippen LogP contribution in [-0.4, -0.2) is 67.6 Å². The number of rotatable bonds is 5. The predicted octanol–water partition coefficient (Wildman–Crippen LogP) is 0.346. The molecule has 1 aromatic rings. The van der Waals surface area contributed by atoms with Crippen LogP contribution in [0.25, 0.3) is 0 Å². The van der Waals surface area contributed by atoms with Crippen molar-refractivity contribution in [2.75, 3.05) is 39.8 Å². The Morgan fingerprint density at radius 2 is 2.04 bits per heavy atom. The summed E-state index contributed by atoms with van der Waals surface area (Å²) in [5.41, 5.74) is 7.50. The second-order valence-electron chi connectivity index (χ2n) is 6.99. The van der Waals surface area contributed by atoms with Gasteiger partial charge in [0, 0.05) is 44.8 Å². The number of hydrazine groups is 1. The molecule has 0 aromatic heterocycles. The van der Waals surface area contributed by atoms with E-state index < -0.39 is 0 Å². The van der Waals surface area contributed by atoms with Crippen LogP contribution in [0.15, 0.2) is 30.3 Å². The van der Waals surface area contributed by atoms with E-state index in [1.807, 2.05) is 0 Å². The largest absolute Gasteiger partial charge is 0.353 e. The maximum absolute atomic E-state index is 12.2. The Bertz CT molecular complexity index is 537. The molecule has 0 saturated carbocycles. The zero-order chi connectivity index (χ0) is 16.9. The number of amides is 1. The normalized spacial score (nSPS) is 28.8. The number of carbonyl (C=O) groups is 1. The zero-order valence-electron chi connectivity index (χ0n) is 14.7. The van der Waals surface area contributed by atoms with Crippen LogP contribution in [0.2, 0.25) is 0 Å². The van der Waals surface area contributed by atoms with Crippen LogP contribution >= 0.6 is 0 Å². The van der Waals surface area contributed by atoms with Gasteiger partial charge in [-0.25, -0.2) is 5.43 Å². The Morgan fingerprint density at radius 3 is 2.75 bits per heavy atom. The molecule has 2 saturated heterocycles. The summed E-state index contributed by atoms with van der Waals surface area (Å²) in [6, 6.07) is 11.3. The van der Waals surface area contributed by atoms with E-state index in [4.69, 9.17) is 0 Å². The van der Waals surface area contributed by atoms with E-state index in [1.165, 1.54) is 5.56 Å². The van der Waals surface area contributed by atoms with Gasteiger partial charge in [-0.15, -0.1) is 0 Å². The average Bonchev–Trinajstić information content (AvgIpc) is 3.03. The molecule has 1 aromatic carbocycles. The molecule has 0 radical (unpaired) electrons. The second kappa shape index (κ2) is 8.07. The van der Waals surface area contributed by atoms with E-state index in [0.717, 1.165) is 32.6 Å². The fourth-order valence-electron chi connectivity index (χ4n) is 3.55. The van der Waals surface area contributed by atoms with Crippen molar-refractivity contribution in [3.05, 3.63) is 35.9 Å². The first-order valence-corrected chi connectivity index (χ1v) is 8.90. The molecule has 24 heavy (non-hydrogen) atoms. The van der Waals surface area contributed by atoms with Gasteiger partial charge in [0.25, 0.3) is 0 Å². The monoisotopic (exact) mass is 331 g/mol. The first kappa shape index (κ1) is 17.4. The third kappa shape index (κ3) is 4.33. The minimum atomic E-state index is -0.114. The summed E-state index contributed by atoms with van der Waals surface area (Å²) in [4.78, 5) is 17.1. The molecule has 132 valence electrons. The Morgan fingerprint density at radius 1 is 1.25 bits per heavy atom. The first-order chi connectivity index (χ1) is 11.6. The van der Waals surface area contributed by atoms with E-state index in [2.05, 4.69) is 70.3 Å². The van der Waals surface area contributed by atoms with Gasteiger partial charge in [0.05, 0.1) is 0 Å². The van der Waals surface area contributed by atoms with Crippen LogP contribution in [0.1, 0.15) is 24.9 Å². The van der Waals surface area contributed by atoms with Gasteiger partial charge in [-0.05, 0) is 26.0 Å². The van der Waals surface area contributed by atoms with Crippen molar-refractivity contribution >= 4 is 5.91 Å². The Balaban J connectivity index is 1.52. The molecule has 1 amide bonds. The lowest BCUT2D eigenvalue weighted by Gasteiger charge is -2.40. The molecule has 3 N–H and O–H groups in total. The average molecular weight is 331 g/mol. The van der Waals surface area contributed by atoms with Crippen LogP contribution < -0.4 is 16.2 Å². The third-order valence-corrected chi connectivity index (χ3v) is 4.99. The number of carbonyl (C=O) groups excluding carboxylic acids is 1. The Labute approximate surface area is 144 Å². The highest BCUT2D eigenvalue weighted by molar-refractivity contribution is 5.82. The third-order valence-electron chi connectivity index (χ3n) is 4.99. The number of benzene rings is 1. The van der Waals surface area contributed by atoms with Crippen LogP contribution in [0.5, 0.6) is 0 Å². The second-order valence-corrected chi connectivity index (χ2v) is 6.99. The van der Waals surface area contributed by atoms with Gasteiger partial charge >= 0.3 is 0 Å². The smallest absolute Gasteiger partial charge is 0.238 e. The molecule has 0 bridgehead atoms. The fourth-order valence-corrected chi connectivity index (χ4v) is 3.55. The molecular weight excluding hydrogens is 302 g/mol. The molecule has 2 aliphatic rings. The van der Waals surface area contributed by atoms with Gasteiger partial charge in [-0.3, -0.25) is 15.1 Å². The fraction of sp³-hybridized carbons (Fsp3) is 0.611. The predicted molar refractivity (Wildman–Crippen MR) is 95.4 cm³/mol. The van der Waals surface area contributed by atoms with Crippen LogP contribution in [0.3, 0.4) is 0 Å². The number of nitrogens with one attached hydrogen (secondary N) is 3. The molecule has 3 rings (SSSR count). The molecule has 0 spiro atoms. The summed E-state index contributed by atoms with van der Waals surface area (Å²) in [5.74, 6) is 0.0947. The highest BCUT2D eigenvalue weighted by Gasteiger charge is 2.28. The molecule has 2 fully saturated rings. The number of piperazine rings is 1. The van der Waals surface area contributed by atoms with E-state index >= 15 is 0 Å². The molecular formula is C18H29N5O. The highest BCUT2D eigenvalue weighted by Crippen LogP contribution is 2.24. The SMILES string of the molecule is CC1CC(C(=O)NCCN2CCN(C)CC2c2ccccc2)NN1. The standard InChI is InChI=1S/C18H29N5O/c1-14-12-16(21-20-14)18(24)19-8-9-23-11-10-22(2)13-17(23)15-6-4-3-5-7-15/h3-7,14,16-17,20-21H,8-13H2,1-2H3,(H,19,24). The van der Waals surface area contributed by atoms with Crippen molar-refractivity contribution in [3.8, 4) is 0 Å². The van der Waals surface area contributed by atoms with Gasteiger partial charge in [0.15, 0.2) is 0 Å². The molecule has 6 nitrogen and oxygen atoms in total. The van der Waals surface area contributed by atoms with Crippen molar-refractivity contribution in [1.82, 2.24) is 26.0 Å². The lowest BCUT2D eigenvalue weighted by molar-refractivity contribution is -0.123. The number of hydrogen-bond acceptors (Lipinski definition) is 5. The van der Waals surface area contributed by atoms with Gasteiger partial charge in [0.2, 0.25) is 5.91 Å². The van der Waals surface area contributed by atoms with Crippen molar-refractivity contribution < 1.29 is 4.79 Å². The summed E-state index contributed by atoms with van der Waals surface area (Å²) < 4.78 is 0. The molecule has 2 heterocycles. The molecule has 6 heteroatoms. The van der Waals surface area contributed by atoms with Crippen LogP contribution in [-0.2, 0) is 4.79 Å². The minimum Gasteiger partial charge on any atom is -0.353 e. The number of likely N-dealkylation sites (N-methyl/N-ethyl adjacent to an activating group) is 1. The Hall–Kier alpha value is -1.47. The van der Waals surface area contributed by atoms with Crippen molar-refractivity contribution in [1.29, 1.82) is 0 Å². The molecule has 3 unspecified atom stereocenters. The molecule has 0 aliphatic carbocycles. The van der Waals surface area contributed by atoms with E-state index in [9.17, 15) is 4.79 Å². The van der Waals surface area contributed by atoms with Gasteiger partial charge in [0.1, 0.15) is 6.04 Å². The zero-order valence-corrected chi connectivity index (χ0v) is 14.7. The summed E-state index contributed by atoms with van der Waals surface area (Å²) in [6.45, 7) is 6.79. The van der Waals surface area contributed by atoms with Crippen molar-refractivity contribution in [2.24, 2.45) is 0 Å². The summed E-state index contributed by atoms with van der Waals surface area (Å²) in [6.07, 6.45) is 0.840. The van der Waals surface area contributed by atoms with Crippen molar-refractivity contribution in [2.45, 2.75) is 31.5 Å². The summed E-state index contributed by atoms with van der Waals surface area (Å²) in [5, 5.41) is 3.08. The van der Waals surface area contributed by atoms with Gasteiger partial charge in [-0.2, -0.15) is 0 Å². The Kier molecular flexibility index (Phi) is 5.84. The van der Waals surface area contributed by atoms with Gasteiger partial charge in [-0.1, -0.05) is 30.3 Å². The molecule has 3 atom stereocenters. The van der Waals surface area contributed by atoms with Crippen molar-refractivity contribution in [3.63, 3.8) is 0 Å². The highest BCUT2D eigenvalue weighted by atomic mass is 16.2. The summed E-state index contributed by atoms with van der Waals surface area (Å²) in [7, 11) is 2.18. The topological polar surface area (TPSA) is 59.6 Å². The van der Waals surface area contributed by atoms with Crippen LogP contribution in [0.4, 0.5) is 0 Å². The van der Waals surface area contributed by atoms with E-state index in [-0.39, 0.29) is 11.9 Å². The number of nitrogens with zero attached hydrogens (tertiary/aromatic N) is 2. The first-order valence-electron chi connectivity index (χ1n) is 8.90. The lowest BCUT2D eigenvalue weighted by Crippen LogP contribution is -2.50. The minimum absolute atomic E-state index is 0.0947. The maximum Gasteiger partial charge on any atom is 0.238 e. The number of hydrogen-bond donors (Lipinski definition) is 3. The quantitative estimate of drug-likeness (QED) is 0.727. The van der Waals surface area contributed by atoms with E-state index in [0.29, 0.717) is 18.6 Å². The lowest BCUT2D eigenvalue weighted by atomic mass is 10.0. The van der Waals surface area contributed by atoms with Gasteiger partial charge < -0.3 is 10.2 Å².